The number of benzene rings is 1. The van der Waals surface area contributed by atoms with E-state index >= 15 is 0 Å². The average molecular weight is 265 g/mol. The quantitative estimate of drug-likeness (QED) is 0.646. The highest BCUT2D eigenvalue weighted by Gasteiger charge is 2.18. The van der Waals surface area contributed by atoms with Gasteiger partial charge in [0.15, 0.2) is 0 Å². The zero-order valence-corrected chi connectivity index (χ0v) is 11.2. The number of hydrogen-bond donors (Lipinski definition) is 2. The molecule has 1 heterocycles. The minimum atomic E-state index is -0.382. The Hall–Kier alpha value is -1.46. The molecule has 1 aliphatic heterocycles. The molecule has 0 radical (unpaired) electrons. The van der Waals surface area contributed by atoms with E-state index in [9.17, 15) is 4.39 Å². The van der Waals surface area contributed by atoms with E-state index in [1.54, 1.807) is 12.1 Å². The maximum Gasteiger partial charge on any atom is 0.138 e. The molecule has 1 fully saturated rings. The van der Waals surface area contributed by atoms with Crippen molar-refractivity contribution >= 4 is 5.84 Å². The highest BCUT2D eigenvalue weighted by Crippen LogP contribution is 2.16. The molecular formula is C14H20FN3O. The summed E-state index contributed by atoms with van der Waals surface area (Å²) in [6.07, 6.45) is 1.12. The first-order valence-corrected chi connectivity index (χ1v) is 6.53. The normalized spacial score (nSPS) is 21.1. The lowest BCUT2D eigenvalue weighted by atomic mass is 10.1. The molecule has 1 aromatic carbocycles. The molecule has 1 unspecified atom stereocenters. The van der Waals surface area contributed by atoms with Gasteiger partial charge in [0, 0.05) is 31.8 Å². The van der Waals surface area contributed by atoms with E-state index in [2.05, 4.69) is 4.90 Å². The Morgan fingerprint density at radius 1 is 1.58 bits per heavy atom. The van der Waals surface area contributed by atoms with Crippen LogP contribution >= 0.6 is 0 Å². The number of amidine groups is 1. The van der Waals surface area contributed by atoms with Gasteiger partial charge in [-0.3, -0.25) is 10.3 Å². The lowest BCUT2D eigenvalue weighted by Gasteiger charge is -2.22. The molecule has 1 atom stereocenters. The van der Waals surface area contributed by atoms with Crippen molar-refractivity contribution in [2.24, 2.45) is 5.73 Å². The number of hydrogen-bond acceptors (Lipinski definition) is 3. The lowest BCUT2D eigenvalue weighted by Crippen LogP contribution is -2.30. The van der Waals surface area contributed by atoms with Gasteiger partial charge in [-0.15, -0.1) is 0 Å². The van der Waals surface area contributed by atoms with Gasteiger partial charge in [0.05, 0.1) is 11.7 Å². The van der Waals surface area contributed by atoms with E-state index in [1.165, 1.54) is 6.07 Å². The first-order valence-electron chi connectivity index (χ1n) is 6.53. The second-order valence-corrected chi connectivity index (χ2v) is 4.96. The van der Waals surface area contributed by atoms with Crippen molar-refractivity contribution in [2.45, 2.75) is 26.0 Å². The van der Waals surface area contributed by atoms with E-state index in [-0.39, 0.29) is 23.3 Å². The summed E-state index contributed by atoms with van der Waals surface area (Å²) in [7, 11) is 0. The van der Waals surface area contributed by atoms with Crippen LogP contribution in [0.25, 0.3) is 0 Å². The predicted molar refractivity (Wildman–Crippen MR) is 72.7 cm³/mol. The Balaban J connectivity index is 2.14. The summed E-state index contributed by atoms with van der Waals surface area (Å²) in [6, 6.07) is 5.03. The Bertz CT molecular complexity index is 464. The molecule has 1 saturated heterocycles. The highest BCUT2D eigenvalue weighted by atomic mass is 19.1. The third kappa shape index (κ3) is 3.52. The number of nitrogens with zero attached hydrogens (tertiary/aromatic N) is 1. The second kappa shape index (κ2) is 6.12. The zero-order chi connectivity index (χ0) is 13.8. The molecule has 0 aliphatic carbocycles. The van der Waals surface area contributed by atoms with Crippen LogP contribution in [0, 0.1) is 11.2 Å². The summed E-state index contributed by atoms with van der Waals surface area (Å²) in [6.45, 7) is 5.01. The molecule has 19 heavy (non-hydrogen) atoms. The first kappa shape index (κ1) is 14.0. The second-order valence-electron chi connectivity index (χ2n) is 4.96. The SMILES string of the molecule is CC1CN(Cc2cccc(C(=N)N)c2F)CCCO1. The molecular weight excluding hydrogens is 245 g/mol. The van der Waals surface area contributed by atoms with Gasteiger partial charge in [0.1, 0.15) is 11.7 Å². The Morgan fingerprint density at radius 3 is 3.11 bits per heavy atom. The molecule has 0 amide bonds. The first-order chi connectivity index (χ1) is 9.08. The average Bonchev–Trinajstić information content (AvgIpc) is 2.56. The van der Waals surface area contributed by atoms with E-state index in [0.29, 0.717) is 12.1 Å². The number of ether oxygens (including phenoxy) is 1. The lowest BCUT2D eigenvalue weighted by molar-refractivity contribution is 0.0666. The highest BCUT2D eigenvalue weighted by molar-refractivity contribution is 5.95. The van der Waals surface area contributed by atoms with E-state index in [4.69, 9.17) is 15.9 Å². The van der Waals surface area contributed by atoms with Gasteiger partial charge in [0.25, 0.3) is 0 Å². The molecule has 0 bridgehead atoms. The van der Waals surface area contributed by atoms with Crippen molar-refractivity contribution in [2.75, 3.05) is 19.7 Å². The topological polar surface area (TPSA) is 62.3 Å². The molecule has 0 aromatic heterocycles. The smallest absolute Gasteiger partial charge is 0.138 e. The number of nitrogens with two attached hydrogens (primary N) is 1. The molecule has 4 nitrogen and oxygen atoms in total. The van der Waals surface area contributed by atoms with Crippen molar-refractivity contribution in [1.82, 2.24) is 4.90 Å². The minimum Gasteiger partial charge on any atom is -0.384 e. The van der Waals surface area contributed by atoms with E-state index in [1.807, 2.05) is 6.92 Å². The summed E-state index contributed by atoms with van der Waals surface area (Å²) >= 11 is 0. The Kier molecular flexibility index (Phi) is 4.50. The summed E-state index contributed by atoms with van der Waals surface area (Å²) in [5, 5.41) is 7.36. The fourth-order valence-corrected chi connectivity index (χ4v) is 2.37. The predicted octanol–water partition coefficient (Wildman–Crippen LogP) is 1.72. The monoisotopic (exact) mass is 265 g/mol. The molecule has 0 saturated carbocycles. The number of rotatable bonds is 3. The van der Waals surface area contributed by atoms with Gasteiger partial charge in [-0.05, 0) is 19.4 Å². The van der Waals surface area contributed by atoms with Gasteiger partial charge in [0.2, 0.25) is 0 Å². The van der Waals surface area contributed by atoms with Crippen LogP contribution in [0.5, 0.6) is 0 Å². The summed E-state index contributed by atoms with van der Waals surface area (Å²) in [5.41, 5.74) is 6.14. The van der Waals surface area contributed by atoms with Crippen molar-refractivity contribution in [3.05, 3.63) is 35.1 Å². The fourth-order valence-electron chi connectivity index (χ4n) is 2.37. The number of nitrogen functional groups attached to an aromatic ring is 1. The van der Waals surface area contributed by atoms with Crippen LogP contribution in [0.2, 0.25) is 0 Å². The molecule has 5 heteroatoms. The van der Waals surface area contributed by atoms with Crippen LogP contribution in [0.3, 0.4) is 0 Å². The molecule has 0 spiro atoms. The number of nitrogens with one attached hydrogen (secondary N) is 1. The van der Waals surface area contributed by atoms with E-state index in [0.717, 1.165) is 26.1 Å². The fraction of sp³-hybridized carbons (Fsp3) is 0.500. The third-order valence-corrected chi connectivity index (χ3v) is 3.30. The van der Waals surface area contributed by atoms with Gasteiger partial charge in [-0.1, -0.05) is 12.1 Å². The van der Waals surface area contributed by atoms with Crippen LogP contribution in [0.1, 0.15) is 24.5 Å². The van der Waals surface area contributed by atoms with Crippen molar-refractivity contribution in [3.63, 3.8) is 0 Å². The van der Waals surface area contributed by atoms with Gasteiger partial charge in [-0.2, -0.15) is 0 Å². The van der Waals surface area contributed by atoms with Crippen molar-refractivity contribution in [1.29, 1.82) is 5.41 Å². The third-order valence-electron chi connectivity index (χ3n) is 3.30. The van der Waals surface area contributed by atoms with Gasteiger partial charge < -0.3 is 10.5 Å². The van der Waals surface area contributed by atoms with Crippen LogP contribution in [-0.4, -0.2) is 36.5 Å². The summed E-state index contributed by atoms with van der Waals surface area (Å²) in [4.78, 5) is 2.18. The maximum absolute atomic E-state index is 14.2. The van der Waals surface area contributed by atoms with Crippen LogP contribution in [0.15, 0.2) is 18.2 Å². The summed E-state index contributed by atoms with van der Waals surface area (Å²) in [5.74, 6) is -0.611. The Morgan fingerprint density at radius 2 is 2.37 bits per heavy atom. The molecule has 3 N–H and O–H groups in total. The standard InChI is InChI=1S/C14H20FN3O/c1-10-8-18(6-3-7-19-10)9-11-4-2-5-12(13(11)15)14(16)17/h2,4-5,10H,3,6-9H2,1H3,(H3,16,17). The van der Waals surface area contributed by atoms with Gasteiger partial charge >= 0.3 is 0 Å². The zero-order valence-electron chi connectivity index (χ0n) is 11.2. The van der Waals surface area contributed by atoms with Crippen LogP contribution in [0.4, 0.5) is 4.39 Å². The Labute approximate surface area is 112 Å². The van der Waals surface area contributed by atoms with Gasteiger partial charge in [-0.25, -0.2) is 4.39 Å². The van der Waals surface area contributed by atoms with Crippen molar-refractivity contribution in [3.8, 4) is 0 Å². The number of halogens is 1. The minimum absolute atomic E-state index is 0.168. The van der Waals surface area contributed by atoms with Crippen molar-refractivity contribution < 1.29 is 9.13 Å². The molecule has 2 rings (SSSR count). The molecule has 1 aromatic rings. The van der Waals surface area contributed by atoms with E-state index < -0.39 is 0 Å². The summed E-state index contributed by atoms with van der Waals surface area (Å²) < 4.78 is 19.8. The molecule has 1 aliphatic rings. The largest absolute Gasteiger partial charge is 0.384 e. The van der Waals surface area contributed by atoms with Crippen LogP contribution in [-0.2, 0) is 11.3 Å². The maximum atomic E-state index is 14.2. The van der Waals surface area contributed by atoms with Crippen LogP contribution < -0.4 is 5.73 Å². The molecule has 104 valence electrons.